The van der Waals surface area contributed by atoms with E-state index in [0.29, 0.717) is 18.0 Å². The molecule has 1 aliphatic heterocycles. The molecule has 1 aliphatic rings. The van der Waals surface area contributed by atoms with E-state index in [4.69, 9.17) is 9.47 Å². The van der Waals surface area contributed by atoms with E-state index >= 15 is 0 Å². The van der Waals surface area contributed by atoms with Crippen LogP contribution in [0, 0.1) is 0 Å². The molecule has 6 heteroatoms. The molecule has 0 bridgehead atoms. The maximum Gasteiger partial charge on any atom is 0.315 e. The number of hydrogen-bond acceptors (Lipinski definition) is 4. The predicted octanol–water partition coefficient (Wildman–Crippen LogP) is 3.77. The number of benzene rings is 2. The molecule has 2 N–H and O–H groups in total. The first kappa shape index (κ1) is 22.0. The van der Waals surface area contributed by atoms with Crippen LogP contribution in [0.5, 0.6) is 11.5 Å². The van der Waals surface area contributed by atoms with E-state index < -0.39 is 0 Å². The number of likely N-dealkylation sites (tertiary alicyclic amines) is 1. The summed E-state index contributed by atoms with van der Waals surface area (Å²) < 4.78 is 10.6. The van der Waals surface area contributed by atoms with E-state index in [9.17, 15) is 4.79 Å². The standard InChI is InChI=1S/C24H33N3O3/c1-18(23(27-15-7-8-16-27)20-9-5-4-6-10-20)26-24(28)25-14-13-19-11-12-21(29-2)22(17-19)30-3/h4-6,9-12,17-18,23H,7-8,13-16H2,1-3H3,(H2,25,26,28). The number of amides is 2. The summed E-state index contributed by atoms with van der Waals surface area (Å²) >= 11 is 0. The number of carbonyl (C=O) groups is 1. The Balaban J connectivity index is 1.54. The van der Waals surface area contributed by atoms with Crippen LogP contribution >= 0.6 is 0 Å². The number of nitrogens with one attached hydrogen (secondary N) is 2. The number of urea groups is 1. The molecule has 2 aromatic carbocycles. The molecule has 30 heavy (non-hydrogen) atoms. The minimum Gasteiger partial charge on any atom is -0.493 e. The van der Waals surface area contributed by atoms with E-state index in [2.05, 4.69) is 46.7 Å². The highest BCUT2D eigenvalue weighted by molar-refractivity contribution is 5.74. The molecule has 2 amide bonds. The van der Waals surface area contributed by atoms with E-state index in [1.54, 1.807) is 14.2 Å². The highest BCUT2D eigenvalue weighted by Crippen LogP contribution is 2.29. The molecular weight excluding hydrogens is 378 g/mol. The summed E-state index contributed by atoms with van der Waals surface area (Å²) in [6.07, 6.45) is 3.15. The van der Waals surface area contributed by atoms with Crippen LogP contribution in [-0.2, 0) is 6.42 Å². The molecule has 2 atom stereocenters. The lowest BCUT2D eigenvalue weighted by atomic mass is 9.99. The average Bonchev–Trinajstić information content (AvgIpc) is 3.28. The first-order valence-electron chi connectivity index (χ1n) is 10.7. The Labute approximate surface area is 179 Å². The Bertz CT molecular complexity index is 807. The van der Waals surface area contributed by atoms with Gasteiger partial charge in [0.1, 0.15) is 0 Å². The van der Waals surface area contributed by atoms with Gasteiger partial charge in [0.05, 0.1) is 20.3 Å². The predicted molar refractivity (Wildman–Crippen MR) is 119 cm³/mol. The van der Waals surface area contributed by atoms with Gasteiger partial charge < -0.3 is 20.1 Å². The van der Waals surface area contributed by atoms with Gasteiger partial charge in [0, 0.05) is 12.6 Å². The Kier molecular flexibility index (Phi) is 7.97. The van der Waals surface area contributed by atoms with Crippen molar-refractivity contribution in [2.75, 3.05) is 33.9 Å². The van der Waals surface area contributed by atoms with Crippen molar-refractivity contribution >= 4 is 6.03 Å². The summed E-state index contributed by atoms with van der Waals surface area (Å²) in [5, 5.41) is 6.13. The van der Waals surface area contributed by atoms with Gasteiger partial charge in [0.2, 0.25) is 0 Å². The van der Waals surface area contributed by atoms with Crippen molar-refractivity contribution in [3.05, 3.63) is 59.7 Å². The molecule has 2 aromatic rings. The summed E-state index contributed by atoms with van der Waals surface area (Å²) in [7, 11) is 3.24. The van der Waals surface area contributed by atoms with Crippen LogP contribution in [0.3, 0.4) is 0 Å². The molecule has 0 saturated carbocycles. The van der Waals surface area contributed by atoms with Crippen LogP contribution < -0.4 is 20.1 Å². The molecule has 1 heterocycles. The van der Waals surface area contributed by atoms with Gasteiger partial charge in [-0.25, -0.2) is 4.79 Å². The molecular formula is C24H33N3O3. The first-order chi connectivity index (χ1) is 14.6. The van der Waals surface area contributed by atoms with Gasteiger partial charge in [-0.3, -0.25) is 4.90 Å². The quantitative estimate of drug-likeness (QED) is 0.659. The van der Waals surface area contributed by atoms with E-state index in [0.717, 1.165) is 25.1 Å². The molecule has 1 saturated heterocycles. The van der Waals surface area contributed by atoms with Gasteiger partial charge in [-0.05, 0) is 62.5 Å². The Hall–Kier alpha value is -2.73. The normalized spacial score (nSPS) is 16.0. The van der Waals surface area contributed by atoms with Crippen LogP contribution in [0.1, 0.15) is 36.9 Å². The van der Waals surface area contributed by atoms with Crippen LogP contribution in [0.25, 0.3) is 0 Å². The van der Waals surface area contributed by atoms with Gasteiger partial charge in [0.15, 0.2) is 11.5 Å². The van der Waals surface area contributed by atoms with E-state index in [-0.39, 0.29) is 18.1 Å². The first-order valence-corrected chi connectivity index (χ1v) is 10.7. The third-order valence-corrected chi connectivity index (χ3v) is 5.65. The van der Waals surface area contributed by atoms with Gasteiger partial charge >= 0.3 is 6.03 Å². The molecule has 0 aliphatic carbocycles. The molecule has 0 spiro atoms. The monoisotopic (exact) mass is 411 g/mol. The molecule has 0 radical (unpaired) electrons. The van der Waals surface area contributed by atoms with Crippen molar-refractivity contribution in [1.82, 2.24) is 15.5 Å². The SMILES string of the molecule is COc1ccc(CCNC(=O)NC(C)C(c2ccccc2)N2CCCC2)cc1OC. The zero-order valence-electron chi connectivity index (χ0n) is 18.2. The maximum absolute atomic E-state index is 12.5. The number of rotatable bonds is 9. The molecule has 6 nitrogen and oxygen atoms in total. The van der Waals surface area contributed by atoms with Gasteiger partial charge in [-0.15, -0.1) is 0 Å². The zero-order chi connectivity index (χ0) is 21.3. The van der Waals surface area contributed by atoms with Crippen LogP contribution in [-0.4, -0.2) is 50.8 Å². The van der Waals surface area contributed by atoms with Crippen LogP contribution in [0.4, 0.5) is 4.79 Å². The summed E-state index contributed by atoms with van der Waals surface area (Å²) in [6.45, 7) is 4.79. The molecule has 1 fully saturated rings. The lowest BCUT2D eigenvalue weighted by Gasteiger charge is -2.33. The third kappa shape index (κ3) is 5.66. The Morgan fingerprint density at radius 3 is 2.40 bits per heavy atom. The smallest absolute Gasteiger partial charge is 0.315 e. The largest absolute Gasteiger partial charge is 0.493 e. The van der Waals surface area contributed by atoms with Crippen molar-refractivity contribution in [3.63, 3.8) is 0 Å². The molecule has 3 rings (SSSR count). The average molecular weight is 412 g/mol. The summed E-state index contributed by atoms with van der Waals surface area (Å²) in [6, 6.07) is 16.3. The lowest BCUT2D eigenvalue weighted by molar-refractivity contribution is 0.193. The molecule has 2 unspecified atom stereocenters. The zero-order valence-corrected chi connectivity index (χ0v) is 18.2. The summed E-state index contributed by atoms with van der Waals surface area (Å²) in [5.41, 5.74) is 2.33. The summed E-state index contributed by atoms with van der Waals surface area (Å²) in [4.78, 5) is 15.0. The number of ether oxygens (including phenoxy) is 2. The minimum absolute atomic E-state index is 0.00609. The van der Waals surface area contributed by atoms with Crippen molar-refractivity contribution in [2.24, 2.45) is 0 Å². The fraction of sp³-hybridized carbons (Fsp3) is 0.458. The van der Waals surface area contributed by atoms with Gasteiger partial charge in [-0.1, -0.05) is 36.4 Å². The van der Waals surface area contributed by atoms with Crippen LogP contribution in [0.2, 0.25) is 0 Å². The molecule has 0 aromatic heterocycles. The second-order valence-electron chi connectivity index (χ2n) is 7.73. The second kappa shape index (κ2) is 10.9. The highest BCUT2D eigenvalue weighted by atomic mass is 16.5. The summed E-state index contributed by atoms with van der Waals surface area (Å²) in [5.74, 6) is 1.40. The van der Waals surface area contributed by atoms with Gasteiger partial charge in [0.25, 0.3) is 0 Å². The number of methoxy groups -OCH3 is 2. The van der Waals surface area contributed by atoms with Crippen molar-refractivity contribution in [1.29, 1.82) is 0 Å². The van der Waals surface area contributed by atoms with E-state index in [1.807, 2.05) is 24.3 Å². The Morgan fingerprint density at radius 2 is 1.73 bits per heavy atom. The van der Waals surface area contributed by atoms with Crippen molar-refractivity contribution < 1.29 is 14.3 Å². The topological polar surface area (TPSA) is 62.8 Å². The van der Waals surface area contributed by atoms with E-state index in [1.165, 1.54) is 18.4 Å². The minimum atomic E-state index is -0.136. The maximum atomic E-state index is 12.5. The molecule has 162 valence electrons. The number of hydrogen-bond donors (Lipinski definition) is 2. The van der Waals surface area contributed by atoms with Crippen molar-refractivity contribution in [3.8, 4) is 11.5 Å². The Morgan fingerprint density at radius 1 is 1.03 bits per heavy atom. The number of nitrogens with zero attached hydrogens (tertiary/aromatic N) is 1. The fourth-order valence-electron chi connectivity index (χ4n) is 4.18. The fourth-order valence-corrected chi connectivity index (χ4v) is 4.18. The second-order valence-corrected chi connectivity index (χ2v) is 7.73. The highest BCUT2D eigenvalue weighted by Gasteiger charge is 2.29. The van der Waals surface area contributed by atoms with Crippen LogP contribution in [0.15, 0.2) is 48.5 Å². The number of carbonyl (C=O) groups excluding carboxylic acids is 1. The van der Waals surface area contributed by atoms with Crippen molar-refractivity contribution in [2.45, 2.75) is 38.3 Å². The lowest BCUT2D eigenvalue weighted by Crippen LogP contribution is -2.47. The third-order valence-electron chi connectivity index (χ3n) is 5.65. The van der Waals surface area contributed by atoms with Gasteiger partial charge in [-0.2, -0.15) is 0 Å².